The van der Waals surface area contributed by atoms with Crippen LogP contribution in [0.2, 0.25) is 5.15 Å². The van der Waals surface area contributed by atoms with Crippen LogP contribution in [0.5, 0.6) is 0 Å². The summed E-state index contributed by atoms with van der Waals surface area (Å²) in [6.45, 7) is 0.859. The molecule has 9 heteroatoms. The number of halogens is 4. The van der Waals surface area contributed by atoms with Crippen molar-refractivity contribution in [1.82, 2.24) is 24.5 Å². The Labute approximate surface area is 151 Å². The topological polar surface area (TPSA) is 46.3 Å². The number of aromatic nitrogens is 4. The Kier molecular flexibility index (Phi) is 4.07. The molecular formula is C17H13ClF3N5. The van der Waals surface area contributed by atoms with Crippen LogP contribution in [0.1, 0.15) is 18.5 Å². The number of fused-ring (bicyclic) bond motifs is 1. The zero-order chi connectivity index (χ0) is 18.4. The molecule has 1 aromatic carbocycles. The van der Waals surface area contributed by atoms with Gasteiger partial charge in [0.25, 0.3) is 5.78 Å². The van der Waals surface area contributed by atoms with E-state index >= 15 is 0 Å². The van der Waals surface area contributed by atoms with Gasteiger partial charge in [0.1, 0.15) is 28.9 Å². The highest BCUT2D eigenvalue weighted by molar-refractivity contribution is 6.32. The first-order valence-electron chi connectivity index (χ1n) is 7.91. The summed E-state index contributed by atoms with van der Waals surface area (Å²) in [5, 5.41) is 4.00. The van der Waals surface area contributed by atoms with Crippen molar-refractivity contribution in [1.29, 1.82) is 0 Å². The number of benzene rings is 1. The third kappa shape index (κ3) is 2.70. The van der Waals surface area contributed by atoms with Crippen molar-refractivity contribution in [3.05, 3.63) is 53.0 Å². The third-order valence-corrected chi connectivity index (χ3v) is 4.55. The summed E-state index contributed by atoms with van der Waals surface area (Å²) < 4.78 is 43.7. The zero-order valence-electron chi connectivity index (χ0n) is 13.7. The van der Waals surface area contributed by atoms with Gasteiger partial charge in [-0.3, -0.25) is 0 Å². The quantitative estimate of drug-likeness (QED) is 0.633. The van der Waals surface area contributed by atoms with Crippen molar-refractivity contribution in [3.8, 4) is 11.1 Å². The fraction of sp³-hybridized carbons (Fsp3) is 0.235. The average molecular weight is 380 g/mol. The smallest absolute Gasteiger partial charge is 0.254 e. The van der Waals surface area contributed by atoms with Crippen molar-refractivity contribution >= 4 is 23.0 Å². The van der Waals surface area contributed by atoms with Crippen LogP contribution < -0.4 is 0 Å². The Morgan fingerprint density at radius 2 is 1.85 bits per heavy atom. The molecule has 3 aromatic rings. The molecule has 0 radical (unpaired) electrons. The van der Waals surface area contributed by atoms with Crippen LogP contribution in [-0.2, 0) is 0 Å². The van der Waals surface area contributed by atoms with E-state index in [2.05, 4.69) is 15.1 Å². The molecule has 0 saturated heterocycles. The lowest BCUT2D eigenvalue weighted by atomic mass is 9.96. The summed E-state index contributed by atoms with van der Waals surface area (Å²) in [5.74, 6) is -2.91. The average Bonchev–Trinajstić information content (AvgIpc) is 3.01. The number of rotatable bonds is 2. The lowest BCUT2D eigenvalue weighted by Gasteiger charge is -2.24. The van der Waals surface area contributed by atoms with E-state index in [-0.39, 0.29) is 16.5 Å². The maximum absolute atomic E-state index is 14.5. The molecule has 1 aliphatic heterocycles. The van der Waals surface area contributed by atoms with Gasteiger partial charge in [-0.2, -0.15) is 19.6 Å². The first-order chi connectivity index (χ1) is 12.5. The summed E-state index contributed by atoms with van der Waals surface area (Å²) in [6.07, 6.45) is 4.68. The van der Waals surface area contributed by atoms with Crippen molar-refractivity contribution in [2.24, 2.45) is 0 Å². The van der Waals surface area contributed by atoms with Gasteiger partial charge in [0.2, 0.25) is 0 Å². The van der Waals surface area contributed by atoms with Crippen LogP contribution in [0.25, 0.3) is 22.5 Å². The van der Waals surface area contributed by atoms with Gasteiger partial charge in [0.05, 0.1) is 16.8 Å². The summed E-state index contributed by atoms with van der Waals surface area (Å²) >= 11 is 6.28. The monoisotopic (exact) mass is 379 g/mol. The normalized spacial score (nSPS) is 14.8. The first kappa shape index (κ1) is 16.8. The van der Waals surface area contributed by atoms with Gasteiger partial charge in [-0.25, -0.2) is 13.2 Å². The van der Waals surface area contributed by atoms with E-state index in [0.717, 1.165) is 18.5 Å². The van der Waals surface area contributed by atoms with E-state index < -0.39 is 23.0 Å². The number of nitrogens with zero attached hydrogens (tertiary/aromatic N) is 5. The van der Waals surface area contributed by atoms with E-state index in [0.29, 0.717) is 24.2 Å². The van der Waals surface area contributed by atoms with Crippen molar-refractivity contribution in [2.45, 2.75) is 12.8 Å². The molecule has 0 fully saturated rings. The number of allylic oxidation sites excluding steroid dienone is 1. The second kappa shape index (κ2) is 6.28. The summed E-state index contributed by atoms with van der Waals surface area (Å²) in [4.78, 5) is 10.1. The lowest BCUT2D eigenvalue weighted by Crippen LogP contribution is -2.19. The van der Waals surface area contributed by atoms with Crippen LogP contribution in [-0.4, -0.2) is 38.1 Å². The van der Waals surface area contributed by atoms with Crippen molar-refractivity contribution in [2.75, 3.05) is 13.6 Å². The van der Waals surface area contributed by atoms with Crippen LogP contribution in [0.3, 0.4) is 0 Å². The molecule has 2 aromatic heterocycles. The van der Waals surface area contributed by atoms with Crippen molar-refractivity contribution < 1.29 is 13.2 Å². The highest BCUT2D eigenvalue weighted by Crippen LogP contribution is 2.39. The van der Waals surface area contributed by atoms with E-state index in [4.69, 9.17) is 11.6 Å². The van der Waals surface area contributed by atoms with Gasteiger partial charge in [-0.05, 0) is 18.4 Å². The molecule has 0 aliphatic carbocycles. The standard InChI is InChI=1S/C17H13ClF3N5/c1-25-4-2-3-9(7-25)15-14(13-11(20)5-10(19)6-12(13)21)16(18)24-17-22-8-23-26(15)17/h5-8H,2-4H2,1H3. The van der Waals surface area contributed by atoms with Crippen LogP contribution in [0, 0.1) is 17.5 Å². The minimum Gasteiger partial charge on any atom is -0.380 e. The molecule has 26 heavy (non-hydrogen) atoms. The molecule has 0 saturated carbocycles. The van der Waals surface area contributed by atoms with E-state index in [1.807, 2.05) is 18.1 Å². The Morgan fingerprint density at radius 3 is 2.54 bits per heavy atom. The number of hydrogen-bond acceptors (Lipinski definition) is 4. The van der Waals surface area contributed by atoms with Crippen molar-refractivity contribution in [3.63, 3.8) is 0 Å². The molecule has 134 valence electrons. The maximum atomic E-state index is 14.5. The third-order valence-electron chi connectivity index (χ3n) is 4.28. The maximum Gasteiger partial charge on any atom is 0.254 e. The minimum absolute atomic E-state index is 0.0289. The second-order valence-electron chi connectivity index (χ2n) is 6.08. The van der Waals surface area contributed by atoms with Gasteiger partial charge in [0.15, 0.2) is 0 Å². The van der Waals surface area contributed by atoms with E-state index in [1.54, 1.807) is 0 Å². The van der Waals surface area contributed by atoms with E-state index in [1.165, 1.54) is 10.8 Å². The van der Waals surface area contributed by atoms with Gasteiger partial charge in [-0.1, -0.05) is 11.6 Å². The Hall–Kier alpha value is -2.61. The van der Waals surface area contributed by atoms with Crippen LogP contribution in [0.4, 0.5) is 13.2 Å². The van der Waals surface area contributed by atoms with Crippen LogP contribution >= 0.6 is 11.6 Å². The molecule has 0 atom stereocenters. The van der Waals surface area contributed by atoms with Crippen LogP contribution in [0.15, 0.2) is 24.7 Å². The molecule has 0 bridgehead atoms. The SMILES string of the molecule is CN1C=C(c2c(-c3c(F)cc(F)cc3F)c(Cl)nc3ncnn23)CCC1. The Balaban J connectivity index is 2.10. The lowest BCUT2D eigenvalue weighted by molar-refractivity contribution is 0.431. The number of hydrogen-bond donors (Lipinski definition) is 0. The van der Waals surface area contributed by atoms with Gasteiger partial charge < -0.3 is 4.90 Å². The minimum atomic E-state index is -1.06. The summed E-state index contributed by atoms with van der Waals surface area (Å²) in [7, 11) is 1.90. The fourth-order valence-corrected chi connectivity index (χ4v) is 3.47. The predicted octanol–water partition coefficient (Wildman–Crippen LogP) is 3.93. The Morgan fingerprint density at radius 1 is 1.12 bits per heavy atom. The fourth-order valence-electron chi connectivity index (χ4n) is 3.21. The molecule has 4 rings (SSSR count). The van der Waals surface area contributed by atoms with Gasteiger partial charge in [-0.15, -0.1) is 0 Å². The predicted molar refractivity (Wildman–Crippen MR) is 90.9 cm³/mol. The summed E-state index contributed by atoms with van der Waals surface area (Å²) in [6, 6.07) is 1.23. The first-order valence-corrected chi connectivity index (χ1v) is 8.29. The molecule has 3 heterocycles. The molecule has 0 spiro atoms. The zero-order valence-corrected chi connectivity index (χ0v) is 14.4. The van der Waals surface area contributed by atoms with Gasteiger partial charge >= 0.3 is 0 Å². The molecule has 1 aliphatic rings. The molecule has 0 unspecified atom stereocenters. The molecule has 5 nitrogen and oxygen atoms in total. The molecule has 0 N–H and O–H groups in total. The Bertz CT molecular complexity index is 1020. The second-order valence-corrected chi connectivity index (χ2v) is 6.44. The molecular weight excluding hydrogens is 367 g/mol. The summed E-state index contributed by atoms with van der Waals surface area (Å²) in [5.41, 5.74) is 0.775. The largest absolute Gasteiger partial charge is 0.380 e. The highest BCUT2D eigenvalue weighted by Gasteiger charge is 2.26. The molecule has 0 amide bonds. The highest BCUT2D eigenvalue weighted by atomic mass is 35.5. The van der Waals surface area contributed by atoms with E-state index in [9.17, 15) is 13.2 Å². The van der Waals surface area contributed by atoms with Gasteiger partial charge in [0, 0.05) is 31.9 Å².